The maximum Gasteiger partial charge on any atom is 0.303 e. The molecule has 0 spiro atoms. The predicted molar refractivity (Wildman–Crippen MR) is 113 cm³/mol. The van der Waals surface area contributed by atoms with Crippen LogP contribution in [0.5, 0.6) is 17.2 Å². The van der Waals surface area contributed by atoms with E-state index in [1.54, 1.807) is 18.2 Å². The Morgan fingerprint density at radius 3 is 2.26 bits per heavy atom. The van der Waals surface area contributed by atoms with Crippen LogP contribution in [0.15, 0.2) is 30.3 Å². The third-order valence-corrected chi connectivity index (χ3v) is 5.52. The lowest BCUT2D eigenvalue weighted by atomic mass is 10.1. The quantitative estimate of drug-likeness (QED) is 0.411. The van der Waals surface area contributed by atoms with Crippen LogP contribution in [0, 0.1) is 10.7 Å². The van der Waals surface area contributed by atoms with Gasteiger partial charge in [0.05, 0.1) is 10.7 Å². The van der Waals surface area contributed by atoms with E-state index in [0.29, 0.717) is 12.2 Å². The molecule has 122 valence electrons. The van der Waals surface area contributed by atoms with Gasteiger partial charge in [-0.2, -0.15) is 0 Å². The van der Waals surface area contributed by atoms with Gasteiger partial charge >= 0.3 is 5.97 Å². The number of rotatable bonds is 6. The monoisotopic (exact) mass is 650 g/mol. The fraction of sp³-hybridized carbons (Fsp3) is 0.188. The summed E-state index contributed by atoms with van der Waals surface area (Å²) in [6, 6.07) is 9.15. The average Bonchev–Trinajstić information content (AvgIpc) is 2.46. The molecule has 0 aliphatic carbocycles. The molecule has 23 heavy (non-hydrogen) atoms. The lowest BCUT2D eigenvalue weighted by Crippen LogP contribution is -1.98. The summed E-state index contributed by atoms with van der Waals surface area (Å²) in [6.07, 6.45) is 1.53. The van der Waals surface area contributed by atoms with Crippen LogP contribution in [0.2, 0.25) is 0 Å². The van der Waals surface area contributed by atoms with Crippen LogP contribution in [0.25, 0.3) is 0 Å². The minimum Gasteiger partial charge on any atom is -0.507 e. The van der Waals surface area contributed by atoms with Crippen LogP contribution in [-0.4, -0.2) is 16.2 Å². The molecule has 0 aliphatic rings. The molecule has 0 heterocycles. The van der Waals surface area contributed by atoms with Gasteiger partial charge in [-0.05, 0) is 117 Å². The summed E-state index contributed by atoms with van der Waals surface area (Å²) in [7, 11) is 0. The van der Waals surface area contributed by atoms with Crippen molar-refractivity contribution in [1.82, 2.24) is 0 Å². The number of aliphatic carboxylic acids is 1. The van der Waals surface area contributed by atoms with Crippen molar-refractivity contribution in [2.75, 3.05) is 0 Å². The van der Waals surface area contributed by atoms with Crippen molar-refractivity contribution in [2.24, 2.45) is 0 Å². The number of benzene rings is 2. The van der Waals surface area contributed by atoms with E-state index in [0.717, 1.165) is 28.4 Å². The number of hydrogen-bond donors (Lipinski definition) is 2. The molecule has 0 amide bonds. The zero-order chi connectivity index (χ0) is 17.0. The van der Waals surface area contributed by atoms with Gasteiger partial charge in [0, 0.05) is 6.42 Å². The van der Waals surface area contributed by atoms with E-state index in [1.165, 1.54) is 0 Å². The maximum absolute atomic E-state index is 10.6. The number of carboxylic acids is 1. The fourth-order valence-electron chi connectivity index (χ4n) is 1.97. The number of hydrogen-bond acceptors (Lipinski definition) is 3. The summed E-state index contributed by atoms with van der Waals surface area (Å²) < 4.78 is 8.63. The van der Waals surface area contributed by atoms with Gasteiger partial charge in [-0.25, -0.2) is 0 Å². The Hall–Kier alpha value is -0.300. The molecule has 7 heteroatoms. The van der Waals surface area contributed by atoms with Gasteiger partial charge in [-0.3, -0.25) is 4.79 Å². The second-order valence-electron chi connectivity index (χ2n) is 4.85. The first kappa shape index (κ1) is 19.0. The summed E-state index contributed by atoms with van der Waals surface area (Å²) >= 11 is 6.50. The van der Waals surface area contributed by atoms with E-state index in [4.69, 9.17) is 9.84 Å². The summed E-state index contributed by atoms with van der Waals surface area (Å²) in [5.74, 6) is 0.906. The fourth-order valence-corrected chi connectivity index (χ4v) is 4.57. The number of phenols is 1. The highest BCUT2D eigenvalue weighted by Crippen LogP contribution is 2.35. The van der Waals surface area contributed by atoms with Crippen molar-refractivity contribution >= 4 is 73.7 Å². The molecule has 0 saturated carbocycles. The summed E-state index contributed by atoms with van der Waals surface area (Å²) in [4.78, 5) is 10.6. The molecule has 0 aromatic heterocycles. The Labute approximate surface area is 175 Å². The number of aromatic hydroxyl groups is 1. The van der Waals surface area contributed by atoms with Crippen molar-refractivity contribution in [3.8, 4) is 17.2 Å². The normalized spacial score (nSPS) is 10.6. The Balaban J connectivity index is 2.16. The highest BCUT2D eigenvalue weighted by molar-refractivity contribution is 14.1. The first-order chi connectivity index (χ1) is 10.9. The molecule has 0 atom stereocenters. The van der Waals surface area contributed by atoms with E-state index < -0.39 is 5.97 Å². The number of carbonyl (C=O) groups is 1. The van der Waals surface area contributed by atoms with E-state index in [1.807, 2.05) is 12.1 Å². The van der Waals surface area contributed by atoms with Gasteiger partial charge in [-0.1, -0.05) is 0 Å². The maximum atomic E-state index is 10.6. The van der Waals surface area contributed by atoms with Crippen LogP contribution in [0.1, 0.15) is 18.4 Å². The van der Waals surface area contributed by atoms with Crippen molar-refractivity contribution in [2.45, 2.75) is 19.3 Å². The molecular formula is C16H13I3O4. The van der Waals surface area contributed by atoms with Gasteiger partial charge in [0.25, 0.3) is 0 Å². The molecule has 0 saturated heterocycles. The topological polar surface area (TPSA) is 66.8 Å². The second kappa shape index (κ2) is 8.70. The molecule has 2 N–H and O–H groups in total. The van der Waals surface area contributed by atoms with Crippen molar-refractivity contribution in [3.05, 3.63) is 46.6 Å². The molecular weight excluding hydrogens is 637 g/mol. The average molecular weight is 650 g/mol. The minimum absolute atomic E-state index is 0.178. The van der Waals surface area contributed by atoms with Gasteiger partial charge in [0.2, 0.25) is 0 Å². The first-order valence-corrected chi connectivity index (χ1v) is 9.96. The number of ether oxygens (including phenoxy) is 1. The van der Waals surface area contributed by atoms with Gasteiger partial charge < -0.3 is 14.9 Å². The molecule has 4 nitrogen and oxygen atoms in total. The highest BCUT2D eigenvalue weighted by Gasteiger charge is 2.11. The Morgan fingerprint density at radius 1 is 1.04 bits per heavy atom. The summed E-state index contributed by atoms with van der Waals surface area (Å²) in [5, 5.41) is 18.3. The minimum atomic E-state index is -0.767. The standard InChI is InChI=1S/C16H13I3O4/c17-11-8-10(4-5-14(11)20)23-16-12(18)6-9(7-13(16)19)2-1-3-15(21)22/h4-8,20H,1-3H2,(H,21,22). The van der Waals surface area contributed by atoms with Gasteiger partial charge in [-0.15, -0.1) is 0 Å². The number of phenolic OH excluding ortho intramolecular Hbond substituents is 1. The van der Waals surface area contributed by atoms with Crippen molar-refractivity contribution < 1.29 is 19.7 Å². The highest BCUT2D eigenvalue weighted by atomic mass is 127. The Morgan fingerprint density at radius 2 is 1.70 bits per heavy atom. The largest absolute Gasteiger partial charge is 0.507 e. The Kier molecular flexibility index (Phi) is 7.19. The molecule has 2 aromatic rings. The third-order valence-electron chi connectivity index (χ3n) is 3.05. The molecule has 0 unspecified atom stereocenters. The van der Waals surface area contributed by atoms with Crippen molar-refractivity contribution in [3.63, 3.8) is 0 Å². The van der Waals surface area contributed by atoms with Crippen LogP contribution >= 0.6 is 67.8 Å². The Bertz CT molecular complexity index is 708. The summed E-state index contributed by atoms with van der Waals surface area (Å²) in [6.45, 7) is 0. The lowest BCUT2D eigenvalue weighted by Gasteiger charge is -2.12. The molecule has 0 radical (unpaired) electrons. The first-order valence-electron chi connectivity index (χ1n) is 6.73. The molecule has 0 fully saturated rings. The number of halogens is 3. The molecule has 2 rings (SSSR count). The SMILES string of the molecule is O=C(O)CCCc1cc(I)c(Oc2ccc(O)c(I)c2)c(I)c1. The van der Waals surface area contributed by atoms with Crippen LogP contribution < -0.4 is 4.74 Å². The zero-order valence-electron chi connectivity index (χ0n) is 11.9. The van der Waals surface area contributed by atoms with Crippen LogP contribution in [0.4, 0.5) is 0 Å². The molecule has 0 bridgehead atoms. The zero-order valence-corrected chi connectivity index (χ0v) is 18.3. The summed E-state index contributed by atoms with van der Waals surface area (Å²) in [5.41, 5.74) is 1.10. The van der Waals surface area contributed by atoms with Gasteiger partial charge in [0.1, 0.15) is 11.5 Å². The third kappa shape index (κ3) is 5.62. The number of carboxylic acid groups (broad SMARTS) is 1. The van der Waals surface area contributed by atoms with Crippen LogP contribution in [-0.2, 0) is 11.2 Å². The predicted octanol–water partition coefficient (Wildman–Crippen LogP) is 5.41. The number of aryl methyl sites for hydroxylation is 1. The second-order valence-corrected chi connectivity index (χ2v) is 8.34. The van der Waals surface area contributed by atoms with E-state index in [-0.39, 0.29) is 12.2 Å². The lowest BCUT2D eigenvalue weighted by molar-refractivity contribution is -0.137. The smallest absolute Gasteiger partial charge is 0.303 e. The van der Waals surface area contributed by atoms with E-state index in [2.05, 4.69) is 67.8 Å². The van der Waals surface area contributed by atoms with Gasteiger partial charge in [0.15, 0.2) is 5.75 Å². The van der Waals surface area contributed by atoms with Crippen LogP contribution in [0.3, 0.4) is 0 Å². The van der Waals surface area contributed by atoms with E-state index in [9.17, 15) is 9.90 Å². The van der Waals surface area contributed by atoms with E-state index >= 15 is 0 Å². The van der Waals surface area contributed by atoms with Crippen molar-refractivity contribution in [1.29, 1.82) is 0 Å². The molecule has 2 aromatic carbocycles. The molecule has 0 aliphatic heterocycles.